The Morgan fingerprint density at radius 3 is 2.36 bits per heavy atom. The minimum atomic E-state index is -0.387. The van der Waals surface area contributed by atoms with Gasteiger partial charge in [-0.25, -0.2) is 4.79 Å². The second-order valence-electron chi connectivity index (χ2n) is 6.31. The second kappa shape index (κ2) is 7.09. The molecular weight excluding hydrogens is 280 g/mol. The van der Waals surface area contributed by atoms with E-state index in [-0.39, 0.29) is 23.3 Å². The summed E-state index contributed by atoms with van der Waals surface area (Å²) < 4.78 is 5.06. The number of H-pyrrole nitrogens is 1. The maximum absolute atomic E-state index is 12.7. The first-order valence-electron chi connectivity index (χ1n) is 7.82. The lowest BCUT2D eigenvalue weighted by Crippen LogP contribution is -2.47. The van der Waals surface area contributed by atoms with Crippen LogP contribution >= 0.6 is 0 Å². The zero-order valence-electron chi connectivity index (χ0n) is 14.7. The Labute approximate surface area is 132 Å². The number of aromatic nitrogens is 1. The van der Waals surface area contributed by atoms with E-state index in [0.717, 1.165) is 6.42 Å². The molecule has 0 aromatic carbocycles. The molecule has 22 heavy (non-hydrogen) atoms. The number of hydrogen-bond donors (Lipinski definition) is 2. The fraction of sp³-hybridized carbons (Fsp3) is 0.647. The summed E-state index contributed by atoms with van der Waals surface area (Å²) in [5.74, 6) is -0.431. The fourth-order valence-corrected chi connectivity index (χ4v) is 2.48. The number of ether oxygens (including phenoxy) is 1. The third-order valence-corrected chi connectivity index (χ3v) is 4.05. The van der Waals surface area contributed by atoms with Gasteiger partial charge in [-0.15, -0.1) is 0 Å². The molecule has 0 saturated heterocycles. The Bertz CT molecular complexity index is 558. The Hall–Kier alpha value is -1.62. The van der Waals surface area contributed by atoms with Crippen molar-refractivity contribution in [1.29, 1.82) is 0 Å². The van der Waals surface area contributed by atoms with Gasteiger partial charge >= 0.3 is 5.97 Å². The number of rotatable bonds is 7. The quantitative estimate of drug-likeness (QED) is 0.599. The second-order valence-corrected chi connectivity index (χ2v) is 6.31. The Morgan fingerprint density at radius 2 is 1.86 bits per heavy atom. The third kappa shape index (κ3) is 3.97. The van der Waals surface area contributed by atoms with Crippen molar-refractivity contribution in [3.05, 3.63) is 22.5 Å². The molecule has 0 bridgehead atoms. The Kier molecular flexibility index (Phi) is 5.94. The molecule has 1 aromatic heterocycles. The molecule has 0 aliphatic carbocycles. The van der Waals surface area contributed by atoms with Gasteiger partial charge in [-0.2, -0.15) is 0 Å². The van der Waals surface area contributed by atoms with Crippen molar-refractivity contribution in [2.24, 2.45) is 0 Å². The van der Waals surface area contributed by atoms with Crippen LogP contribution in [0.1, 0.15) is 73.1 Å². The van der Waals surface area contributed by atoms with Crippen LogP contribution in [0.25, 0.3) is 0 Å². The Balaban J connectivity index is 3.05. The van der Waals surface area contributed by atoms with Crippen LogP contribution in [0.5, 0.6) is 0 Å². The van der Waals surface area contributed by atoms with Gasteiger partial charge in [-0.05, 0) is 53.5 Å². The number of nitrogens with one attached hydrogen (secondary N) is 2. The summed E-state index contributed by atoms with van der Waals surface area (Å²) in [6.07, 6.45) is 0.918. The van der Waals surface area contributed by atoms with Crippen LogP contribution < -0.4 is 5.32 Å². The van der Waals surface area contributed by atoms with Gasteiger partial charge < -0.3 is 15.0 Å². The molecule has 1 aromatic rings. The SMILES string of the molecule is CCOC(=O)c1c(C)[nH]c(C(=O)C(C)NC(C)(C)CC)c1C. The minimum Gasteiger partial charge on any atom is -0.462 e. The normalized spacial score (nSPS) is 13.0. The van der Waals surface area contributed by atoms with E-state index in [1.165, 1.54) is 0 Å². The van der Waals surface area contributed by atoms with Crippen LogP contribution in [0.15, 0.2) is 0 Å². The number of carbonyl (C=O) groups excluding carboxylic acids is 2. The maximum Gasteiger partial charge on any atom is 0.340 e. The molecule has 0 amide bonds. The van der Waals surface area contributed by atoms with E-state index in [4.69, 9.17) is 4.74 Å². The first-order valence-corrected chi connectivity index (χ1v) is 7.82. The summed E-state index contributed by atoms with van der Waals surface area (Å²) in [4.78, 5) is 27.7. The first-order chi connectivity index (χ1) is 10.1. The molecule has 1 atom stereocenters. The zero-order chi connectivity index (χ0) is 17.1. The molecule has 1 heterocycles. The monoisotopic (exact) mass is 308 g/mol. The predicted molar refractivity (Wildman–Crippen MR) is 87.5 cm³/mol. The molecular formula is C17H28N2O3. The van der Waals surface area contributed by atoms with Gasteiger partial charge in [-0.3, -0.25) is 4.79 Å². The number of Topliss-reactive ketones (excluding diaryl/α,β-unsaturated/α-hetero) is 1. The largest absolute Gasteiger partial charge is 0.462 e. The highest BCUT2D eigenvalue weighted by Gasteiger charge is 2.28. The Morgan fingerprint density at radius 1 is 1.27 bits per heavy atom. The van der Waals surface area contributed by atoms with Gasteiger partial charge in [-0.1, -0.05) is 6.92 Å². The van der Waals surface area contributed by atoms with Crippen molar-refractivity contribution in [2.45, 2.75) is 66.5 Å². The molecule has 5 nitrogen and oxygen atoms in total. The number of hydrogen-bond acceptors (Lipinski definition) is 4. The van der Waals surface area contributed by atoms with Crippen LogP contribution in [-0.4, -0.2) is 34.9 Å². The molecule has 2 N–H and O–H groups in total. The topological polar surface area (TPSA) is 71.2 Å². The molecule has 0 aliphatic heterocycles. The molecule has 0 radical (unpaired) electrons. The van der Waals surface area contributed by atoms with E-state index >= 15 is 0 Å². The number of aryl methyl sites for hydroxylation is 1. The molecule has 0 saturated carbocycles. The van der Waals surface area contributed by atoms with Gasteiger partial charge in [0.1, 0.15) is 0 Å². The molecule has 5 heteroatoms. The van der Waals surface area contributed by atoms with Gasteiger partial charge in [0, 0.05) is 11.2 Å². The summed E-state index contributed by atoms with van der Waals surface area (Å²) >= 11 is 0. The van der Waals surface area contributed by atoms with E-state index < -0.39 is 0 Å². The van der Waals surface area contributed by atoms with Crippen LogP contribution in [0.4, 0.5) is 0 Å². The van der Waals surface area contributed by atoms with Gasteiger partial charge in [0.05, 0.1) is 23.9 Å². The maximum atomic E-state index is 12.7. The molecule has 0 fully saturated rings. The smallest absolute Gasteiger partial charge is 0.340 e. The summed E-state index contributed by atoms with van der Waals surface area (Å²) in [6, 6.07) is -0.332. The summed E-state index contributed by atoms with van der Waals surface area (Å²) in [7, 11) is 0. The van der Waals surface area contributed by atoms with Crippen LogP contribution in [0.3, 0.4) is 0 Å². The predicted octanol–water partition coefficient (Wildman–Crippen LogP) is 3.16. The fourth-order valence-electron chi connectivity index (χ4n) is 2.48. The molecule has 1 rings (SSSR count). The minimum absolute atomic E-state index is 0.0438. The van der Waals surface area contributed by atoms with Crippen LogP contribution in [0, 0.1) is 13.8 Å². The standard InChI is InChI=1S/C17H28N2O3/c1-8-17(6,7)19-12(5)15(20)14-10(3)13(11(4)18-14)16(21)22-9-2/h12,18-19H,8-9H2,1-7H3. The lowest BCUT2D eigenvalue weighted by Gasteiger charge is -2.28. The summed E-state index contributed by atoms with van der Waals surface area (Å²) in [5.41, 5.74) is 2.15. The van der Waals surface area contributed by atoms with Crippen molar-refractivity contribution in [3.63, 3.8) is 0 Å². The van der Waals surface area contributed by atoms with Crippen molar-refractivity contribution >= 4 is 11.8 Å². The number of aromatic amines is 1. The molecule has 0 aliphatic rings. The van der Waals surface area contributed by atoms with E-state index in [1.807, 2.05) is 6.92 Å². The number of carbonyl (C=O) groups is 2. The molecule has 0 spiro atoms. The van der Waals surface area contributed by atoms with Gasteiger partial charge in [0.25, 0.3) is 0 Å². The van der Waals surface area contributed by atoms with Gasteiger partial charge in [0.15, 0.2) is 5.78 Å². The van der Waals surface area contributed by atoms with E-state index in [1.54, 1.807) is 20.8 Å². The number of ketones is 1. The lowest BCUT2D eigenvalue weighted by molar-refractivity contribution is 0.0525. The van der Waals surface area contributed by atoms with Crippen molar-refractivity contribution in [2.75, 3.05) is 6.61 Å². The van der Waals surface area contributed by atoms with Crippen molar-refractivity contribution in [3.8, 4) is 0 Å². The highest BCUT2D eigenvalue weighted by molar-refractivity contribution is 6.03. The molecule has 1 unspecified atom stereocenters. The van der Waals surface area contributed by atoms with E-state index in [0.29, 0.717) is 29.1 Å². The van der Waals surface area contributed by atoms with Crippen molar-refractivity contribution in [1.82, 2.24) is 10.3 Å². The van der Waals surface area contributed by atoms with Crippen molar-refractivity contribution < 1.29 is 14.3 Å². The summed E-state index contributed by atoms with van der Waals surface area (Å²) in [6.45, 7) is 13.7. The van der Waals surface area contributed by atoms with E-state index in [9.17, 15) is 9.59 Å². The zero-order valence-corrected chi connectivity index (χ0v) is 14.7. The average molecular weight is 308 g/mol. The number of esters is 1. The van der Waals surface area contributed by atoms with Gasteiger partial charge in [0.2, 0.25) is 0 Å². The average Bonchev–Trinajstić information content (AvgIpc) is 2.73. The highest BCUT2D eigenvalue weighted by Crippen LogP contribution is 2.21. The van der Waals surface area contributed by atoms with E-state index in [2.05, 4.69) is 31.1 Å². The lowest BCUT2D eigenvalue weighted by atomic mass is 9.98. The first kappa shape index (κ1) is 18.4. The highest BCUT2D eigenvalue weighted by atomic mass is 16.5. The summed E-state index contributed by atoms with van der Waals surface area (Å²) in [5, 5.41) is 3.33. The van der Waals surface area contributed by atoms with Crippen LogP contribution in [0.2, 0.25) is 0 Å². The third-order valence-electron chi connectivity index (χ3n) is 4.05. The van der Waals surface area contributed by atoms with Crippen LogP contribution in [-0.2, 0) is 4.74 Å². The molecule has 124 valence electrons.